The van der Waals surface area contributed by atoms with Crippen molar-refractivity contribution >= 4 is 27.1 Å². The maximum Gasteiger partial charge on any atom is 0.347 e. The first-order chi connectivity index (χ1) is 5.43. The molecule has 0 amide bonds. The molecule has 66 valence electrons. The minimum atomic E-state index is -3.41. The highest BCUT2D eigenvalue weighted by atomic mass is 32.2. The molecule has 1 aromatic heterocycles. The molecule has 0 saturated heterocycles. The third kappa shape index (κ3) is 1.64. The fourth-order valence-corrected chi connectivity index (χ4v) is 2.79. The molecule has 0 spiro atoms. The van der Waals surface area contributed by atoms with E-state index in [2.05, 4.69) is 0 Å². The summed E-state index contributed by atoms with van der Waals surface area (Å²) in [6.07, 6.45) is 0.988. The molecule has 12 heavy (non-hydrogen) atoms. The first-order valence-corrected chi connectivity index (χ1v) is 5.71. The molecule has 4 nitrogen and oxygen atoms in total. The maximum absolute atomic E-state index is 11.0. The summed E-state index contributed by atoms with van der Waals surface area (Å²) in [6.45, 7) is 0. The van der Waals surface area contributed by atoms with Crippen molar-refractivity contribution < 1.29 is 18.3 Å². The Morgan fingerprint density at radius 3 is 2.50 bits per heavy atom. The Labute approximate surface area is 73.4 Å². The van der Waals surface area contributed by atoms with E-state index in [1.807, 2.05) is 0 Å². The molecule has 1 heterocycles. The van der Waals surface area contributed by atoms with Crippen LogP contribution in [0, 0.1) is 0 Å². The highest BCUT2D eigenvalue weighted by Gasteiger charge is 2.19. The van der Waals surface area contributed by atoms with E-state index in [1.165, 1.54) is 11.4 Å². The molecular weight excluding hydrogens is 200 g/mol. The second-order valence-corrected chi connectivity index (χ2v) is 5.09. The lowest BCUT2D eigenvalue weighted by Gasteiger charge is -1.94. The molecule has 0 radical (unpaired) electrons. The van der Waals surface area contributed by atoms with Crippen molar-refractivity contribution in [3.63, 3.8) is 0 Å². The van der Waals surface area contributed by atoms with Crippen LogP contribution in [-0.2, 0) is 9.84 Å². The number of aromatic carboxylic acids is 1. The zero-order chi connectivity index (χ0) is 9.35. The van der Waals surface area contributed by atoms with Crippen LogP contribution in [0.2, 0.25) is 0 Å². The summed E-state index contributed by atoms with van der Waals surface area (Å²) < 4.78 is 21.9. The van der Waals surface area contributed by atoms with Crippen LogP contribution in [0.1, 0.15) is 9.67 Å². The molecule has 0 aliphatic carbocycles. The Morgan fingerprint density at radius 1 is 1.58 bits per heavy atom. The van der Waals surface area contributed by atoms with Crippen molar-refractivity contribution in [2.45, 2.75) is 4.90 Å². The third-order valence-electron chi connectivity index (χ3n) is 1.22. The first kappa shape index (κ1) is 9.21. The number of thiophene rings is 1. The van der Waals surface area contributed by atoms with Crippen LogP contribution in [0.4, 0.5) is 0 Å². The van der Waals surface area contributed by atoms with Gasteiger partial charge in [-0.3, -0.25) is 0 Å². The van der Waals surface area contributed by atoms with Gasteiger partial charge in [0, 0.05) is 6.26 Å². The number of carboxylic acids is 1. The van der Waals surface area contributed by atoms with Crippen LogP contribution in [-0.4, -0.2) is 25.7 Å². The summed E-state index contributed by atoms with van der Waals surface area (Å²) >= 11 is 0.906. The topological polar surface area (TPSA) is 71.4 Å². The van der Waals surface area contributed by atoms with Gasteiger partial charge < -0.3 is 5.11 Å². The van der Waals surface area contributed by atoms with Crippen LogP contribution in [0.5, 0.6) is 0 Å². The van der Waals surface area contributed by atoms with Crippen molar-refractivity contribution in [2.24, 2.45) is 0 Å². The molecule has 0 saturated carbocycles. The minimum absolute atomic E-state index is 0.111. The number of sulfone groups is 1. The van der Waals surface area contributed by atoms with Crippen molar-refractivity contribution in [2.75, 3.05) is 6.26 Å². The molecule has 1 N–H and O–H groups in total. The average Bonchev–Trinajstić information content (AvgIpc) is 2.30. The fraction of sp³-hybridized carbons (Fsp3) is 0.167. The summed E-state index contributed by atoms with van der Waals surface area (Å²) in [5, 5.41) is 10.0. The van der Waals surface area contributed by atoms with Crippen LogP contribution >= 0.6 is 11.3 Å². The first-order valence-electron chi connectivity index (χ1n) is 2.94. The number of hydrogen-bond donors (Lipinski definition) is 1. The predicted octanol–water partition coefficient (Wildman–Crippen LogP) is 0.850. The molecule has 0 unspecified atom stereocenters. The molecule has 1 aromatic rings. The Morgan fingerprint density at radius 2 is 2.17 bits per heavy atom. The van der Waals surface area contributed by atoms with Gasteiger partial charge in [-0.25, -0.2) is 13.2 Å². The lowest BCUT2D eigenvalue weighted by Crippen LogP contribution is -2.03. The standard InChI is InChI=1S/C6H6O4S2/c1-12(9,10)4-2-3-11-5(4)6(7)8/h2-3H,1H3,(H,7,8). The zero-order valence-electron chi connectivity index (χ0n) is 6.14. The smallest absolute Gasteiger partial charge is 0.347 e. The summed E-state index contributed by atoms with van der Waals surface area (Å²) in [5.74, 6) is -1.20. The summed E-state index contributed by atoms with van der Waals surface area (Å²) in [6, 6.07) is 1.30. The van der Waals surface area contributed by atoms with Crippen LogP contribution in [0.25, 0.3) is 0 Å². The zero-order valence-corrected chi connectivity index (χ0v) is 7.78. The SMILES string of the molecule is CS(=O)(=O)c1ccsc1C(=O)O. The quantitative estimate of drug-likeness (QED) is 0.778. The second kappa shape index (κ2) is 2.87. The van der Waals surface area contributed by atoms with Crippen molar-refractivity contribution in [3.8, 4) is 0 Å². The Balaban J connectivity index is 3.36. The van der Waals surface area contributed by atoms with Gasteiger partial charge in [0.1, 0.15) is 4.88 Å². The lowest BCUT2D eigenvalue weighted by molar-refractivity contribution is 0.0698. The average molecular weight is 206 g/mol. The van der Waals surface area contributed by atoms with Crippen molar-refractivity contribution in [1.29, 1.82) is 0 Å². The lowest BCUT2D eigenvalue weighted by atomic mass is 10.5. The second-order valence-electron chi connectivity index (χ2n) is 2.19. The maximum atomic E-state index is 11.0. The minimum Gasteiger partial charge on any atom is -0.477 e. The summed E-state index contributed by atoms with van der Waals surface area (Å²) in [7, 11) is -3.41. The molecule has 6 heteroatoms. The number of rotatable bonds is 2. The molecule has 0 aromatic carbocycles. The van der Waals surface area contributed by atoms with Crippen LogP contribution < -0.4 is 0 Å². The van der Waals surface area contributed by atoms with E-state index in [0.29, 0.717) is 0 Å². The largest absolute Gasteiger partial charge is 0.477 e. The van der Waals surface area contributed by atoms with Gasteiger partial charge in [-0.05, 0) is 11.4 Å². The van der Waals surface area contributed by atoms with E-state index in [-0.39, 0.29) is 9.77 Å². The molecule has 0 fully saturated rings. The molecular formula is C6H6O4S2. The van der Waals surface area contributed by atoms with E-state index in [9.17, 15) is 13.2 Å². The highest BCUT2D eigenvalue weighted by Crippen LogP contribution is 2.21. The molecule has 0 bridgehead atoms. The normalized spacial score (nSPS) is 11.4. The van der Waals surface area contributed by atoms with Gasteiger partial charge in [0.2, 0.25) is 0 Å². The van der Waals surface area contributed by atoms with E-state index >= 15 is 0 Å². The number of carboxylic acid groups (broad SMARTS) is 1. The monoisotopic (exact) mass is 206 g/mol. The van der Waals surface area contributed by atoms with E-state index in [4.69, 9.17) is 5.11 Å². The van der Waals surface area contributed by atoms with Gasteiger partial charge in [-0.2, -0.15) is 0 Å². The van der Waals surface area contributed by atoms with Gasteiger partial charge in [-0.15, -0.1) is 11.3 Å². The van der Waals surface area contributed by atoms with Crippen molar-refractivity contribution in [1.82, 2.24) is 0 Å². The van der Waals surface area contributed by atoms with E-state index < -0.39 is 15.8 Å². The number of hydrogen-bond acceptors (Lipinski definition) is 4. The third-order valence-corrected chi connectivity index (χ3v) is 3.39. The molecule has 1 rings (SSSR count). The van der Waals surface area contributed by atoms with Crippen molar-refractivity contribution in [3.05, 3.63) is 16.3 Å². The molecule has 0 aliphatic heterocycles. The Kier molecular flexibility index (Phi) is 2.20. The van der Waals surface area contributed by atoms with Gasteiger partial charge >= 0.3 is 5.97 Å². The summed E-state index contributed by atoms with van der Waals surface area (Å²) in [5.41, 5.74) is 0. The van der Waals surface area contributed by atoms with Gasteiger partial charge in [0.15, 0.2) is 9.84 Å². The number of carbonyl (C=O) groups is 1. The highest BCUT2D eigenvalue weighted by molar-refractivity contribution is 7.91. The predicted molar refractivity (Wildman–Crippen MR) is 44.4 cm³/mol. The van der Waals surface area contributed by atoms with E-state index in [1.54, 1.807) is 0 Å². The summed E-state index contributed by atoms with van der Waals surface area (Å²) in [4.78, 5) is 10.2. The fourth-order valence-electron chi connectivity index (χ4n) is 0.745. The van der Waals surface area contributed by atoms with Crippen LogP contribution in [0.3, 0.4) is 0 Å². The van der Waals surface area contributed by atoms with Gasteiger partial charge in [0.25, 0.3) is 0 Å². The Hall–Kier alpha value is -0.880. The molecule has 0 atom stereocenters. The van der Waals surface area contributed by atoms with Crippen LogP contribution in [0.15, 0.2) is 16.3 Å². The van der Waals surface area contributed by atoms with E-state index in [0.717, 1.165) is 17.6 Å². The van der Waals surface area contributed by atoms with Gasteiger partial charge in [0.05, 0.1) is 4.90 Å². The molecule has 0 aliphatic rings. The van der Waals surface area contributed by atoms with Gasteiger partial charge in [-0.1, -0.05) is 0 Å². The Bertz CT molecular complexity index is 401.